The molecular weight excluding hydrogens is 390 g/mol. The average Bonchev–Trinajstić information content (AvgIpc) is 3.17. The summed E-state index contributed by atoms with van der Waals surface area (Å²) in [7, 11) is 1.64. The molecule has 0 radical (unpaired) electrons. The summed E-state index contributed by atoms with van der Waals surface area (Å²) in [5.41, 5.74) is 5.39. The molecule has 2 heterocycles. The number of morpholine rings is 1. The van der Waals surface area contributed by atoms with E-state index in [1.165, 1.54) is 5.56 Å². The van der Waals surface area contributed by atoms with Gasteiger partial charge in [-0.2, -0.15) is 5.10 Å². The van der Waals surface area contributed by atoms with Crippen molar-refractivity contribution in [3.05, 3.63) is 65.4 Å². The summed E-state index contributed by atoms with van der Waals surface area (Å²) in [6, 6.07) is 15.8. The Balaban J connectivity index is 1.79. The normalized spacial score (nSPS) is 18.8. The van der Waals surface area contributed by atoms with Gasteiger partial charge in [0.1, 0.15) is 11.4 Å². The first kappa shape index (κ1) is 21.1. The number of hydrogen-bond acceptors (Lipinski definition) is 4. The van der Waals surface area contributed by atoms with E-state index < -0.39 is 0 Å². The van der Waals surface area contributed by atoms with E-state index in [9.17, 15) is 4.79 Å². The van der Waals surface area contributed by atoms with Crippen molar-refractivity contribution in [3.63, 3.8) is 0 Å². The molecule has 3 aromatic rings. The van der Waals surface area contributed by atoms with Gasteiger partial charge >= 0.3 is 0 Å². The molecule has 162 valence electrons. The minimum absolute atomic E-state index is 0.00578. The van der Waals surface area contributed by atoms with Gasteiger partial charge in [-0.25, -0.2) is 4.68 Å². The molecule has 6 nitrogen and oxygen atoms in total. The van der Waals surface area contributed by atoms with E-state index in [4.69, 9.17) is 14.6 Å². The first-order valence-electron chi connectivity index (χ1n) is 10.6. The molecule has 4 rings (SSSR count). The van der Waals surface area contributed by atoms with Crippen molar-refractivity contribution in [2.45, 2.75) is 39.9 Å². The van der Waals surface area contributed by atoms with Crippen LogP contribution in [0.5, 0.6) is 5.75 Å². The van der Waals surface area contributed by atoms with Gasteiger partial charge in [0.2, 0.25) is 0 Å². The smallest absolute Gasteiger partial charge is 0.272 e. The molecule has 0 saturated carbocycles. The molecule has 1 amide bonds. The predicted octanol–water partition coefficient (Wildman–Crippen LogP) is 4.41. The van der Waals surface area contributed by atoms with E-state index in [1.54, 1.807) is 11.8 Å². The fourth-order valence-electron chi connectivity index (χ4n) is 4.17. The third kappa shape index (κ3) is 4.35. The molecule has 2 atom stereocenters. The van der Waals surface area contributed by atoms with E-state index in [0.717, 1.165) is 28.3 Å². The fraction of sp³-hybridized carbons (Fsp3) is 0.360. The Labute approximate surface area is 183 Å². The van der Waals surface area contributed by atoms with Gasteiger partial charge in [-0.3, -0.25) is 4.79 Å². The second-order valence-electron chi connectivity index (χ2n) is 8.31. The maximum atomic E-state index is 13.6. The van der Waals surface area contributed by atoms with Crippen LogP contribution in [0.15, 0.2) is 48.5 Å². The lowest BCUT2D eigenvalue weighted by atomic mass is 10.1. The minimum atomic E-state index is -0.0331. The van der Waals surface area contributed by atoms with Crippen molar-refractivity contribution < 1.29 is 14.3 Å². The topological polar surface area (TPSA) is 56.6 Å². The zero-order chi connectivity index (χ0) is 22.1. The maximum absolute atomic E-state index is 13.6. The fourth-order valence-corrected chi connectivity index (χ4v) is 4.17. The molecule has 2 aromatic carbocycles. The van der Waals surface area contributed by atoms with Crippen molar-refractivity contribution >= 4 is 5.91 Å². The highest BCUT2D eigenvalue weighted by atomic mass is 16.5. The van der Waals surface area contributed by atoms with Gasteiger partial charge in [0, 0.05) is 18.7 Å². The molecule has 6 heteroatoms. The highest BCUT2D eigenvalue weighted by Crippen LogP contribution is 2.27. The highest BCUT2D eigenvalue weighted by Gasteiger charge is 2.29. The Morgan fingerprint density at radius 1 is 1.03 bits per heavy atom. The van der Waals surface area contributed by atoms with Gasteiger partial charge < -0.3 is 14.4 Å². The Morgan fingerprint density at radius 3 is 2.32 bits per heavy atom. The Bertz CT molecular complexity index is 1080. The number of methoxy groups -OCH3 is 1. The summed E-state index contributed by atoms with van der Waals surface area (Å²) in [4.78, 5) is 15.5. The number of ether oxygens (including phenoxy) is 2. The van der Waals surface area contributed by atoms with Gasteiger partial charge in [-0.1, -0.05) is 17.7 Å². The van der Waals surface area contributed by atoms with Crippen LogP contribution in [0.2, 0.25) is 0 Å². The highest BCUT2D eigenvalue weighted by molar-refractivity contribution is 5.94. The van der Waals surface area contributed by atoms with Crippen molar-refractivity contribution in [2.24, 2.45) is 0 Å². The van der Waals surface area contributed by atoms with Gasteiger partial charge in [0.05, 0.1) is 30.7 Å². The van der Waals surface area contributed by atoms with Crippen LogP contribution in [0.1, 0.15) is 35.5 Å². The van der Waals surface area contributed by atoms with Crippen LogP contribution in [0.4, 0.5) is 0 Å². The molecule has 0 bridgehead atoms. The van der Waals surface area contributed by atoms with Crippen molar-refractivity contribution in [2.75, 3.05) is 20.2 Å². The first-order chi connectivity index (χ1) is 14.9. The quantitative estimate of drug-likeness (QED) is 0.628. The Hall–Kier alpha value is -3.12. The van der Waals surface area contributed by atoms with Crippen LogP contribution in [0.25, 0.3) is 16.9 Å². The first-order valence-corrected chi connectivity index (χ1v) is 10.6. The predicted molar refractivity (Wildman–Crippen MR) is 121 cm³/mol. The van der Waals surface area contributed by atoms with E-state index in [0.29, 0.717) is 18.8 Å². The monoisotopic (exact) mass is 419 g/mol. The molecule has 0 spiro atoms. The van der Waals surface area contributed by atoms with Crippen molar-refractivity contribution in [1.82, 2.24) is 14.7 Å². The number of hydrogen-bond donors (Lipinski definition) is 0. The number of carbonyl (C=O) groups excluding carboxylic acids is 1. The SMILES string of the molecule is COc1ccc(-c2cc(C(=O)N3CC(C)OC(C)C3)n(-c3ccc(C)cc3C)n2)cc1. The Kier molecular flexibility index (Phi) is 5.83. The lowest BCUT2D eigenvalue weighted by Gasteiger charge is -2.35. The van der Waals surface area contributed by atoms with Crippen molar-refractivity contribution in [3.8, 4) is 22.7 Å². The van der Waals surface area contributed by atoms with Gasteiger partial charge in [0.15, 0.2) is 0 Å². The molecule has 1 saturated heterocycles. The number of carbonyl (C=O) groups is 1. The summed E-state index contributed by atoms with van der Waals surface area (Å²) in [6.07, 6.45) is 0.0116. The summed E-state index contributed by atoms with van der Waals surface area (Å²) in [5, 5.41) is 4.85. The number of aryl methyl sites for hydroxylation is 2. The van der Waals surface area contributed by atoms with Crippen LogP contribution in [-0.2, 0) is 4.74 Å². The third-order valence-electron chi connectivity index (χ3n) is 5.60. The summed E-state index contributed by atoms with van der Waals surface area (Å²) in [6.45, 7) is 9.24. The van der Waals surface area contributed by atoms with E-state index in [1.807, 2.05) is 68.1 Å². The zero-order valence-corrected chi connectivity index (χ0v) is 18.8. The van der Waals surface area contributed by atoms with Gasteiger partial charge in [0.25, 0.3) is 5.91 Å². The second-order valence-corrected chi connectivity index (χ2v) is 8.31. The minimum Gasteiger partial charge on any atom is -0.497 e. The molecule has 0 N–H and O–H groups in total. The molecular formula is C25H29N3O3. The summed E-state index contributed by atoms with van der Waals surface area (Å²) in [5.74, 6) is 0.749. The number of amides is 1. The van der Waals surface area contributed by atoms with Crippen molar-refractivity contribution in [1.29, 1.82) is 0 Å². The Morgan fingerprint density at radius 2 is 1.71 bits per heavy atom. The number of aromatic nitrogens is 2. The lowest BCUT2D eigenvalue weighted by molar-refractivity contribution is -0.0588. The number of nitrogens with zero attached hydrogens (tertiary/aromatic N) is 3. The molecule has 1 fully saturated rings. The van der Waals surface area contributed by atoms with E-state index in [-0.39, 0.29) is 18.1 Å². The van der Waals surface area contributed by atoms with Gasteiger partial charge in [-0.15, -0.1) is 0 Å². The zero-order valence-electron chi connectivity index (χ0n) is 18.8. The molecule has 0 aliphatic carbocycles. The van der Waals surface area contributed by atoms with Crippen LogP contribution in [-0.4, -0.2) is 53.0 Å². The third-order valence-corrected chi connectivity index (χ3v) is 5.60. The van der Waals surface area contributed by atoms with Gasteiger partial charge in [-0.05, 0) is 69.7 Å². The maximum Gasteiger partial charge on any atom is 0.272 e. The molecule has 31 heavy (non-hydrogen) atoms. The average molecular weight is 420 g/mol. The molecule has 1 aliphatic heterocycles. The second kappa shape index (κ2) is 8.55. The van der Waals surface area contributed by atoms with Crippen LogP contribution >= 0.6 is 0 Å². The molecule has 2 unspecified atom stereocenters. The standard InChI is InChI=1S/C25H29N3O3/c1-16-6-11-23(17(2)12-16)28-24(25(29)27-14-18(3)31-19(4)15-27)13-22(26-28)20-7-9-21(30-5)10-8-20/h6-13,18-19H,14-15H2,1-5H3. The summed E-state index contributed by atoms with van der Waals surface area (Å²) < 4.78 is 12.9. The lowest BCUT2D eigenvalue weighted by Crippen LogP contribution is -2.48. The van der Waals surface area contributed by atoms with E-state index in [2.05, 4.69) is 13.0 Å². The number of benzene rings is 2. The van der Waals surface area contributed by atoms with Crippen LogP contribution in [0, 0.1) is 13.8 Å². The summed E-state index contributed by atoms with van der Waals surface area (Å²) >= 11 is 0. The number of rotatable bonds is 4. The molecule has 1 aliphatic rings. The largest absolute Gasteiger partial charge is 0.497 e. The van der Waals surface area contributed by atoms with Crippen LogP contribution < -0.4 is 4.74 Å². The van der Waals surface area contributed by atoms with E-state index >= 15 is 0 Å². The molecule has 1 aromatic heterocycles. The van der Waals surface area contributed by atoms with Crippen LogP contribution in [0.3, 0.4) is 0 Å².